The zero-order valence-electron chi connectivity index (χ0n) is 32.7. The summed E-state index contributed by atoms with van der Waals surface area (Å²) in [5.74, 6) is -0.789. The molecule has 9 nitrogen and oxygen atoms in total. The van der Waals surface area contributed by atoms with Gasteiger partial charge in [0.2, 0.25) is 0 Å². The molecule has 0 aromatic heterocycles. The third kappa shape index (κ3) is 36.6. The summed E-state index contributed by atoms with van der Waals surface area (Å²) in [6.07, 6.45) is 30.0. The number of esters is 2. The van der Waals surface area contributed by atoms with Crippen molar-refractivity contribution in [1.29, 1.82) is 0 Å². The minimum absolute atomic E-state index is 0.0365. The van der Waals surface area contributed by atoms with Gasteiger partial charge in [-0.05, 0) is 12.8 Å². The smallest absolute Gasteiger partial charge is 0.462 e. The minimum atomic E-state index is -4.36. The molecule has 0 heterocycles. The van der Waals surface area contributed by atoms with Gasteiger partial charge in [0.25, 0.3) is 0 Å². The van der Waals surface area contributed by atoms with Crippen molar-refractivity contribution in [3.05, 3.63) is 0 Å². The van der Waals surface area contributed by atoms with Gasteiger partial charge in [-0.3, -0.25) is 18.6 Å². The van der Waals surface area contributed by atoms with Crippen molar-refractivity contribution in [2.75, 3.05) is 47.5 Å². The topological polar surface area (TPSA) is 108 Å². The van der Waals surface area contributed by atoms with Crippen molar-refractivity contribution in [1.82, 2.24) is 0 Å². The number of hydrogen-bond donors (Lipinski definition) is 1. The Morgan fingerprint density at radius 3 is 1.31 bits per heavy atom. The summed E-state index contributed by atoms with van der Waals surface area (Å²) in [5.41, 5.74) is 0. The average molecular weight is 721 g/mol. The Hall–Kier alpha value is -0.990. The van der Waals surface area contributed by atoms with Crippen LogP contribution >= 0.6 is 7.82 Å². The molecule has 10 heteroatoms. The van der Waals surface area contributed by atoms with E-state index in [0.29, 0.717) is 17.4 Å². The molecule has 292 valence electrons. The van der Waals surface area contributed by atoms with Gasteiger partial charge in [0, 0.05) is 12.8 Å². The molecule has 0 aliphatic heterocycles. The van der Waals surface area contributed by atoms with Gasteiger partial charge in [-0.15, -0.1) is 0 Å². The summed E-state index contributed by atoms with van der Waals surface area (Å²) in [5, 5.41) is 0. The molecule has 0 aliphatic rings. The third-order valence-electron chi connectivity index (χ3n) is 8.89. The van der Waals surface area contributed by atoms with Crippen LogP contribution in [0.4, 0.5) is 0 Å². The Bertz CT molecular complexity index is 819. The number of carbonyl (C=O) groups excluding carboxylic acids is 2. The second kappa shape index (κ2) is 32.9. The maximum absolute atomic E-state index is 12.6. The quantitative estimate of drug-likeness (QED) is 0.0292. The first-order valence-electron chi connectivity index (χ1n) is 20.3. The highest BCUT2D eigenvalue weighted by molar-refractivity contribution is 7.47. The fraction of sp³-hybridized carbons (Fsp3) is 0.949. The normalized spacial score (nSPS) is 13.7. The van der Waals surface area contributed by atoms with Gasteiger partial charge in [0.1, 0.15) is 19.8 Å². The van der Waals surface area contributed by atoms with Crippen LogP contribution in [0.5, 0.6) is 0 Å². The number of likely N-dealkylation sites (N-methyl/N-ethyl adjacent to an activating group) is 1. The predicted octanol–water partition coefficient (Wildman–Crippen LogP) is 10.9. The monoisotopic (exact) mass is 721 g/mol. The lowest BCUT2D eigenvalue weighted by molar-refractivity contribution is -0.870. The second-order valence-corrected chi connectivity index (χ2v) is 16.5. The molecule has 0 amide bonds. The number of quaternary nitrogens is 1. The molecule has 0 saturated carbocycles. The highest BCUT2D eigenvalue weighted by atomic mass is 31.2. The molecule has 0 rings (SSSR count). The van der Waals surface area contributed by atoms with E-state index in [9.17, 15) is 19.0 Å². The number of carbonyl (C=O) groups is 2. The van der Waals surface area contributed by atoms with E-state index < -0.39 is 26.5 Å². The fourth-order valence-corrected chi connectivity index (χ4v) is 6.40. The van der Waals surface area contributed by atoms with Crippen LogP contribution in [0, 0.1) is 0 Å². The predicted molar refractivity (Wildman–Crippen MR) is 201 cm³/mol. The number of nitrogens with zero attached hydrogens (tertiary/aromatic N) is 1. The van der Waals surface area contributed by atoms with Crippen LogP contribution in [0.15, 0.2) is 0 Å². The number of phosphoric ester groups is 1. The van der Waals surface area contributed by atoms with Crippen LogP contribution in [-0.4, -0.2) is 74.9 Å². The molecular weight excluding hydrogens is 641 g/mol. The molecule has 2 unspecified atom stereocenters. The largest absolute Gasteiger partial charge is 0.472 e. The Kier molecular flexibility index (Phi) is 32.2. The van der Waals surface area contributed by atoms with Crippen molar-refractivity contribution < 1.29 is 42.1 Å². The molecule has 0 bridgehead atoms. The van der Waals surface area contributed by atoms with Crippen molar-refractivity contribution in [2.45, 2.75) is 193 Å². The van der Waals surface area contributed by atoms with Crippen LogP contribution in [0.3, 0.4) is 0 Å². The highest BCUT2D eigenvalue weighted by Crippen LogP contribution is 2.43. The number of unbranched alkanes of at least 4 members (excludes halogenated alkanes) is 23. The molecule has 49 heavy (non-hydrogen) atoms. The zero-order valence-corrected chi connectivity index (χ0v) is 33.6. The Morgan fingerprint density at radius 2 is 0.918 bits per heavy atom. The minimum Gasteiger partial charge on any atom is -0.462 e. The van der Waals surface area contributed by atoms with Gasteiger partial charge in [0.05, 0.1) is 27.7 Å². The Balaban J connectivity index is 4.38. The van der Waals surface area contributed by atoms with E-state index in [-0.39, 0.29) is 25.6 Å². The molecular formula is C39H79NO8P+. The Morgan fingerprint density at radius 1 is 0.551 bits per heavy atom. The summed E-state index contributed by atoms with van der Waals surface area (Å²) < 4.78 is 34.2. The number of phosphoric acid groups is 1. The van der Waals surface area contributed by atoms with Crippen LogP contribution in [-0.2, 0) is 32.7 Å². The fourth-order valence-electron chi connectivity index (χ4n) is 5.66. The molecule has 0 radical (unpaired) electrons. The van der Waals surface area contributed by atoms with E-state index in [1.165, 1.54) is 122 Å². The van der Waals surface area contributed by atoms with Crippen molar-refractivity contribution in [3.8, 4) is 0 Å². The summed E-state index contributed by atoms with van der Waals surface area (Å²) in [4.78, 5) is 35.2. The van der Waals surface area contributed by atoms with Crippen molar-refractivity contribution in [3.63, 3.8) is 0 Å². The lowest BCUT2D eigenvalue weighted by atomic mass is 10.0. The highest BCUT2D eigenvalue weighted by Gasteiger charge is 2.27. The van der Waals surface area contributed by atoms with Gasteiger partial charge >= 0.3 is 19.8 Å². The van der Waals surface area contributed by atoms with Crippen LogP contribution < -0.4 is 0 Å². The van der Waals surface area contributed by atoms with Crippen LogP contribution in [0.1, 0.15) is 187 Å². The third-order valence-corrected chi connectivity index (χ3v) is 9.87. The molecule has 0 spiro atoms. The van der Waals surface area contributed by atoms with E-state index in [1.807, 2.05) is 21.1 Å². The SMILES string of the molecule is CCCCCCCCCCCCCCCC(=O)OC(COC(=O)CCCCCCCCCCCCCC)COP(=O)(O)OCC[N+](C)(C)C. The molecule has 0 aromatic carbocycles. The van der Waals surface area contributed by atoms with E-state index in [2.05, 4.69) is 13.8 Å². The Labute approximate surface area is 302 Å². The van der Waals surface area contributed by atoms with Gasteiger partial charge < -0.3 is 18.9 Å². The zero-order chi connectivity index (χ0) is 36.5. The first kappa shape index (κ1) is 48.0. The summed E-state index contributed by atoms with van der Waals surface area (Å²) in [7, 11) is 1.49. The van der Waals surface area contributed by atoms with Crippen molar-refractivity contribution >= 4 is 19.8 Å². The maximum Gasteiger partial charge on any atom is 0.472 e. The first-order chi connectivity index (χ1) is 23.5. The lowest BCUT2D eigenvalue weighted by Crippen LogP contribution is -2.37. The lowest BCUT2D eigenvalue weighted by Gasteiger charge is -2.24. The van der Waals surface area contributed by atoms with Crippen LogP contribution in [0.25, 0.3) is 0 Å². The molecule has 2 atom stereocenters. The average Bonchev–Trinajstić information content (AvgIpc) is 3.04. The molecule has 0 aliphatic carbocycles. The molecule has 0 saturated heterocycles. The van der Waals surface area contributed by atoms with Gasteiger partial charge in [-0.25, -0.2) is 4.57 Å². The summed E-state index contributed by atoms with van der Waals surface area (Å²) in [6.45, 7) is 4.43. The first-order valence-corrected chi connectivity index (χ1v) is 21.8. The number of rotatable bonds is 37. The van der Waals surface area contributed by atoms with Crippen molar-refractivity contribution in [2.24, 2.45) is 0 Å². The van der Waals surface area contributed by atoms with E-state index in [4.69, 9.17) is 18.5 Å². The molecule has 0 fully saturated rings. The molecule has 0 aromatic rings. The van der Waals surface area contributed by atoms with Gasteiger partial charge in [0.15, 0.2) is 6.10 Å². The number of ether oxygens (including phenoxy) is 2. The maximum atomic E-state index is 12.6. The van der Waals surface area contributed by atoms with Crippen LogP contribution in [0.2, 0.25) is 0 Å². The number of hydrogen-bond acceptors (Lipinski definition) is 7. The van der Waals surface area contributed by atoms with E-state index >= 15 is 0 Å². The van der Waals surface area contributed by atoms with E-state index in [1.54, 1.807) is 0 Å². The summed E-state index contributed by atoms with van der Waals surface area (Å²) in [6, 6.07) is 0. The van der Waals surface area contributed by atoms with Gasteiger partial charge in [-0.1, -0.05) is 162 Å². The van der Waals surface area contributed by atoms with E-state index in [0.717, 1.165) is 38.5 Å². The van der Waals surface area contributed by atoms with Gasteiger partial charge in [-0.2, -0.15) is 0 Å². The molecule has 1 N–H and O–H groups in total. The second-order valence-electron chi connectivity index (χ2n) is 15.0. The standard InChI is InChI=1S/C39H78NO8P/c1-6-8-10-12-14-16-18-20-22-24-26-28-30-32-39(42)48-37(36-47-49(43,44)46-34-33-40(3,4)5)35-45-38(41)31-29-27-25-23-21-19-17-15-13-11-9-7-2/h37H,6-36H2,1-5H3/p+1. The summed E-state index contributed by atoms with van der Waals surface area (Å²) >= 11 is 0.